The number of carboxylic acid groups (broad SMARTS) is 1. The number of halogens is 1. The molecule has 0 radical (unpaired) electrons. The van der Waals surface area contributed by atoms with Crippen molar-refractivity contribution in [2.24, 2.45) is 0 Å². The number of anilines is 1. The van der Waals surface area contributed by atoms with Crippen LogP contribution in [-0.4, -0.2) is 63.3 Å². The maximum absolute atomic E-state index is 12.2. The van der Waals surface area contributed by atoms with Crippen molar-refractivity contribution < 1.29 is 19.4 Å². The van der Waals surface area contributed by atoms with Gasteiger partial charge < -0.3 is 19.6 Å². The van der Waals surface area contributed by atoms with Crippen LogP contribution < -0.4 is 4.90 Å². The maximum Gasteiger partial charge on any atom is 0.410 e. The average molecular weight is 357 g/mol. The van der Waals surface area contributed by atoms with Crippen LogP contribution in [0.25, 0.3) is 0 Å². The Labute approximate surface area is 145 Å². The molecule has 1 saturated heterocycles. The first-order chi connectivity index (χ1) is 11.1. The van der Waals surface area contributed by atoms with Crippen molar-refractivity contribution in [1.29, 1.82) is 0 Å². The van der Waals surface area contributed by atoms with E-state index in [1.165, 1.54) is 9.80 Å². The lowest BCUT2D eigenvalue weighted by Crippen LogP contribution is -2.59. The summed E-state index contributed by atoms with van der Waals surface area (Å²) in [5.74, 6) is -0.828. The topological polar surface area (TPSA) is 95.9 Å². The molecule has 9 heteroatoms. The van der Waals surface area contributed by atoms with E-state index in [9.17, 15) is 14.7 Å². The molecular weight excluding hydrogens is 336 g/mol. The molecule has 0 saturated carbocycles. The summed E-state index contributed by atoms with van der Waals surface area (Å²) in [7, 11) is 0. The molecule has 0 bridgehead atoms. The fourth-order valence-electron chi connectivity index (χ4n) is 2.28. The van der Waals surface area contributed by atoms with Gasteiger partial charge in [-0.25, -0.2) is 19.6 Å². The number of carboxylic acids is 1. The van der Waals surface area contributed by atoms with Crippen LogP contribution >= 0.6 is 11.6 Å². The summed E-state index contributed by atoms with van der Waals surface area (Å²) in [4.78, 5) is 35.0. The Morgan fingerprint density at radius 3 is 2.58 bits per heavy atom. The molecule has 1 unspecified atom stereocenters. The van der Waals surface area contributed by atoms with Crippen molar-refractivity contribution in [3.63, 3.8) is 0 Å². The van der Waals surface area contributed by atoms with Gasteiger partial charge in [0.25, 0.3) is 0 Å². The lowest BCUT2D eigenvalue weighted by Gasteiger charge is -2.39. The third kappa shape index (κ3) is 4.25. The third-order valence-corrected chi connectivity index (χ3v) is 3.85. The lowest BCUT2D eigenvalue weighted by atomic mass is 10.1. The largest absolute Gasteiger partial charge is 0.480 e. The molecular formula is C15H21ClN4O4. The molecule has 1 fully saturated rings. The first-order valence-corrected chi connectivity index (χ1v) is 7.93. The second-order valence-electron chi connectivity index (χ2n) is 6.62. The van der Waals surface area contributed by atoms with E-state index in [0.29, 0.717) is 12.1 Å². The second-order valence-corrected chi connectivity index (χ2v) is 6.98. The Hall–Kier alpha value is -2.09. The monoisotopic (exact) mass is 356 g/mol. The van der Waals surface area contributed by atoms with E-state index >= 15 is 0 Å². The van der Waals surface area contributed by atoms with Gasteiger partial charge in [-0.05, 0) is 27.7 Å². The first kappa shape index (κ1) is 18.3. The van der Waals surface area contributed by atoms with Gasteiger partial charge in [-0.1, -0.05) is 11.6 Å². The zero-order valence-electron chi connectivity index (χ0n) is 14.1. The fourth-order valence-corrected chi connectivity index (χ4v) is 2.40. The number of carbonyl (C=O) groups is 2. The molecule has 1 amide bonds. The van der Waals surface area contributed by atoms with Crippen LogP contribution in [0.15, 0.2) is 6.20 Å². The Morgan fingerprint density at radius 1 is 1.38 bits per heavy atom. The summed E-state index contributed by atoms with van der Waals surface area (Å²) >= 11 is 6.00. The molecule has 1 aromatic heterocycles. The molecule has 8 nitrogen and oxygen atoms in total. The number of aliphatic carboxylic acids is 1. The van der Waals surface area contributed by atoms with E-state index in [0.717, 1.165) is 0 Å². The molecule has 24 heavy (non-hydrogen) atoms. The van der Waals surface area contributed by atoms with Gasteiger partial charge in [-0.2, -0.15) is 0 Å². The number of amides is 1. The standard InChI is InChI=1S/C15H21ClN4O4/c1-9-7-17-13(18-11(9)16)20-6-5-19(8-10(20)12(21)22)14(23)24-15(2,3)4/h7,10H,5-6,8H2,1-4H3,(H,21,22). The van der Waals surface area contributed by atoms with E-state index in [4.69, 9.17) is 16.3 Å². The molecule has 0 spiro atoms. The predicted molar refractivity (Wildman–Crippen MR) is 88.4 cm³/mol. The van der Waals surface area contributed by atoms with E-state index in [-0.39, 0.29) is 24.2 Å². The van der Waals surface area contributed by atoms with Gasteiger partial charge in [0.15, 0.2) is 0 Å². The van der Waals surface area contributed by atoms with Gasteiger partial charge in [0, 0.05) is 24.8 Å². The van der Waals surface area contributed by atoms with E-state index in [2.05, 4.69) is 9.97 Å². The van der Waals surface area contributed by atoms with Crippen molar-refractivity contribution >= 4 is 29.6 Å². The van der Waals surface area contributed by atoms with Crippen molar-refractivity contribution in [2.45, 2.75) is 39.3 Å². The summed E-state index contributed by atoms with van der Waals surface area (Å²) in [5.41, 5.74) is 0.0697. The number of ether oxygens (including phenoxy) is 1. The van der Waals surface area contributed by atoms with Crippen molar-refractivity contribution in [1.82, 2.24) is 14.9 Å². The number of rotatable bonds is 2. The van der Waals surface area contributed by atoms with Crippen molar-refractivity contribution in [2.75, 3.05) is 24.5 Å². The average Bonchev–Trinajstić information content (AvgIpc) is 2.47. The minimum atomic E-state index is -1.07. The van der Waals surface area contributed by atoms with Gasteiger partial charge in [0.05, 0.1) is 6.54 Å². The molecule has 1 aliphatic heterocycles. The fraction of sp³-hybridized carbons (Fsp3) is 0.600. The Bertz CT molecular complexity index is 647. The van der Waals surface area contributed by atoms with Gasteiger partial charge in [-0.3, -0.25) is 0 Å². The van der Waals surface area contributed by atoms with E-state index in [1.807, 2.05) is 0 Å². The van der Waals surface area contributed by atoms with Gasteiger partial charge in [0.2, 0.25) is 5.95 Å². The van der Waals surface area contributed by atoms with Gasteiger partial charge in [-0.15, -0.1) is 0 Å². The van der Waals surface area contributed by atoms with Crippen LogP contribution in [0.5, 0.6) is 0 Å². The van der Waals surface area contributed by atoms with Gasteiger partial charge >= 0.3 is 12.1 Å². The molecule has 0 aliphatic carbocycles. The molecule has 1 N–H and O–H groups in total. The van der Waals surface area contributed by atoms with Crippen LogP contribution in [0, 0.1) is 6.92 Å². The molecule has 1 atom stereocenters. The molecule has 1 aliphatic rings. The summed E-state index contributed by atoms with van der Waals surface area (Å²) in [6, 6.07) is -0.968. The Kier molecular flexibility index (Phi) is 5.17. The summed E-state index contributed by atoms with van der Waals surface area (Å²) in [6.07, 6.45) is 1.01. The number of nitrogens with zero attached hydrogens (tertiary/aromatic N) is 4. The quantitative estimate of drug-likeness (QED) is 0.809. The minimum absolute atomic E-state index is 0.0148. The van der Waals surface area contributed by atoms with Crippen LogP contribution in [0.3, 0.4) is 0 Å². The van der Waals surface area contributed by atoms with E-state index in [1.54, 1.807) is 33.9 Å². The highest BCUT2D eigenvalue weighted by Crippen LogP contribution is 2.21. The second kappa shape index (κ2) is 6.80. The summed E-state index contributed by atoms with van der Waals surface area (Å²) in [6.45, 7) is 7.62. The van der Waals surface area contributed by atoms with Crippen molar-refractivity contribution in [3.05, 3.63) is 16.9 Å². The number of hydrogen-bond donors (Lipinski definition) is 1. The number of piperazine rings is 1. The first-order valence-electron chi connectivity index (χ1n) is 7.55. The molecule has 132 valence electrons. The van der Waals surface area contributed by atoms with Crippen LogP contribution in [-0.2, 0) is 9.53 Å². The minimum Gasteiger partial charge on any atom is -0.480 e. The number of hydrogen-bond acceptors (Lipinski definition) is 6. The maximum atomic E-state index is 12.2. The SMILES string of the molecule is Cc1cnc(N2CCN(C(=O)OC(C)(C)C)CC2C(=O)O)nc1Cl. The summed E-state index contributed by atoms with van der Waals surface area (Å²) < 4.78 is 5.30. The number of aromatic nitrogens is 2. The Morgan fingerprint density at radius 2 is 2.04 bits per heavy atom. The highest BCUT2D eigenvalue weighted by atomic mass is 35.5. The predicted octanol–water partition coefficient (Wildman–Crippen LogP) is 1.95. The van der Waals surface area contributed by atoms with Crippen LogP contribution in [0.1, 0.15) is 26.3 Å². The molecule has 0 aromatic carbocycles. The summed E-state index contributed by atoms with van der Waals surface area (Å²) in [5, 5.41) is 9.79. The Balaban J connectivity index is 2.18. The molecule has 2 rings (SSSR count). The van der Waals surface area contributed by atoms with Gasteiger partial charge in [0.1, 0.15) is 16.8 Å². The molecule has 1 aromatic rings. The lowest BCUT2D eigenvalue weighted by molar-refractivity contribution is -0.139. The molecule has 2 heterocycles. The van der Waals surface area contributed by atoms with E-state index < -0.39 is 23.7 Å². The number of aryl methyl sites for hydroxylation is 1. The zero-order chi connectivity index (χ0) is 18.1. The highest BCUT2D eigenvalue weighted by Gasteiger charge is 2.37. The van der Waals surface area contributed by atoms with Crippen LogP contribution in [0.2, 0.25) is 5.15 Å². The normalized spacial score (nSPS) is 18.5. The third-order valence-electron chi connectivity index (χ3n) is 3.47. The highest BCUT2D eigenvalue weighted by molar-refractivity contribution is 6.30. The zero-order valence-corrected chi connectivity index (χ0v) is 14.9. The smallest absolute Gasteiger partial charge is 0.410 e. The van der Waals surface area contributed by atoms with Crippen LogP contribution in [0.4, 0.5) is 10.7 Å². The van der Waals surface area contributed by atoms with Crippen molar-refractivity contribution in [3.8, 4) is 0 Å². The number of carbonyl (C=O) groups excluding carboxylic acids is 1.